The van der Waals surface area contributed by atoms with Gasteiger partial charge in [0.05, 0.1) is 0 Å². The van der Waals surface area contributed by atoms with Crippen molar-refractivity contribution in [3.8, 4) is 0 Å². The number of anilines is 1. The zero-order chi connectivity index (χ0) is 19.3. The molecule has 6 nitrogen and oxygen atoms in total. The number of hydrogen-bond donors (Lipinski definition) is 3. The van der Waals surface area contributed by atoms with E-state index in [1.54, 1.807) is 6.07 Å². The Morgan fingerprint density at radius 1 is 1.21 bits per heavy atom. The third kappa shape index (κ3) is 4.48. The van der Waals surface area contributed by atoms with Gasteiger partial charge >= 0.3 is 0 Å². The summed E-state index contributed by atoms with van der Waals surface area (Å²) in [5.74, 6) is 1.44. The topological polar surface area (TPSA) is 65.1 Å². The molecule has 0 spiro atoms. The molecule has 2 unspecified atom stereocenters. The van der Waals surface area contributed by atoms with Gasteiger partial charge in [-0.15, -0.1) is 0 Å². The first kappa shape index (κ1) is 19.2. The van der Waals surface area contributed by atoms with Crippen LogP contribution in [0.3, 0.4) is 0 Å². The number of hydrogen-bond acceptors (Lipinski definition) is 6. The lowest BCUT2D eigenvalue weighted by Crippen LogP contribution is -2.44. The van der Waals surface area contributed by atoms with Crippen molar-refractivity contribution in [2.24, 2.45) is 5.92 Å². The second-order valence-corrected chi connectivity index (χ2v) is 7.77. The van der Waals surface area contributed by atoms with Gasteiger partial charge in [0.25, 0.3) is 0 Å². The zero-order valence-electron chi connectivity index (χ0n) is 16.4. The van der Waals surface area contributed by atoms with Crippen molar-refractivity contribution in [2.75, 3.05) is 31.5 Å². The first-order valence-corrected chi connectivity index (χ1v) is 10.2. The summed E-state index contributed by atoms with van der Waals surface area (Å²) in [5.41, 5.74) is 8.99. The lowest BCUT2D eigenvalue weighted by molar-refractivity contribution is 0.151. The summed E-state index contributed by atoms with van der Waals surface area (Å²) in [5, 5.41) is 3.12. The fraction of sp³-hybridized carbons (Fsp3) is 0.524. The summed E-state index contributed by atoms with van der Waals surface area (Å²) in [6.07, 6.45) is 6.11. The molecule has 2 atom stereocenters. The van der Waals surface area contributed by atoms with Gasteiger partial charge in [0.1, 0.15) is 5.82 Å². The van der Waals surface area contributed by atoms with E-state index in [2.05, 4.69) is 31.0 Å². The number of rotatable bonds is 6. The lowest BCUT2D eigenvalue weighted by atomic mass is 9.80. The van der Waals surface area contributed by atoms with Crippen LogP contribution in [0.5, 0.6) is 0 Å². The van der Waals surface area contributed by atoms with Crippen molar-refractivity contribution >= 4 is 5.95 Å². The van der Waals surface area contributed by atoms with Gasteiger partial charge in [0.15, 0.2) is 0 Å². The summed E-state index contributed by atoms with van der Waals surface area (Å²) >= 11 is 0. The molecule has 2 saturated heterocycles. The molecule has 3 N–H and O–H groups in total. The third-order valence-electron chi connectivity index (χ3n) is 5.89. The Kier molecular flexibility index (Phi) is 6.14. The van der Waals surface area contributed by atoms with E-state index in [4.69, 9.17) is 0 Å². The van der Waals surface area contributed by atoms with Crippen molar-refractivity contribution in [2.45, 2.75) is 38.3 Å². The van der Waals surface area contributed by atoms with Crippen LogP contribution in [0.15, 0.2) is 36.7 Å². The standard InChI is InChI=1S/C21H29FN6/c1-2-23-21-24-11-15(12-25-21)14-28-8-6-16(7-9-28)20-19(13-26-27-20)17-4-3-5-18(22)10-17/h3-5,10-12,16,19-20,26-27H,2,6-9,13-14H2,1H3,(H,23,24,25). The molecule has 2 fully saturated rings. The number of aromatic nitrogens is 2. The number of benzene rings is 1. The van der Waals surface area contributed by atoms with Gasteiger partial charge in [0, 0.05) is 49.6 Å². The summed E-state index contributed by atoms with van der Waals surface area (Å²) < 4.78 is 13.7. The molecule has 150 valence electrons. The van der Waals surface area contributed by atoms with Crippen LogP contribution in [-0.4, -0.2) is 47.1 Å². The second-order valence-electron chi connectivity index (χ2n) is 7.77. The van der Waals surface area contributed by atoms with Crippen LogP contribution in [0, 0.1) is 11.7 Å². The largest absolute Gasteiger partial charge is 0.355 e. The van der Waals surface area contributed by atoms with Crippen molar-refractivity contribution in [1.82, 2.24) is 25.7 Å². The highest BCUT2D eigenvalue weighted by atomic mass is 19.1. The molecule has 2 aliphatic rings. The fourth-order valence-electron chi connectivity index (χ4n) is 4.44. The van der Waals surface area contributed by atoms with Crippen LogP contribution in [0.4, 0.5) is 10.3 Å². The minimum atomic E-state index is -0.152. The average molecular weight is 385 g/mol. The van der Waals surface area contributed by atoms with Crippen molar-refractivity contribution in [3.63, 3.8) is 0 Å². The van der Waals surface area contributed by atoms with Crippen LogP contribution in [0.1, 0.15) is 36.8 Å². The fourth-order valence-corrected chi connectivity index (χ4v) is 4.44. The third-order valence-corrected chi connectivity index (χ3v) is 5.89. The smallest absolute Gasteiger partial charge is 0.222 e. The zero-order valence-corrected chi connectivity index (χ0v) is 16.4. The number of halogens is 1. The molecule has 28 heavy (non-hydrogen) atoms. The number of piperidine rings is 1. The number of nitrogens with zero attached hydrogens (tertiary/aromatic N) is 3. The molecule has 0 bridgehead atoms. The Morgan fingerprint density at radius 3 is 2.71 bits per heavy atom. The van der Waals surface area contributed by atoms with Crippen LogP contribution >= 0.6 is 0 Å². The average Bonchev–Trinajstić information content (AvgIpc) is 3.20. The Morgan fingerprint density at radius 2 is 2.00 bits per heavy atom. The van der Waals surface area contributed by atoms with Crippen molar-refractivity contribution in [1.29, 1.82) is 0 Å². The van der Waals surface area contributed by atoms with Gasteiger partial charge in [-0.2, -0.15) is 0 Å². The van der Waals surface area contributed by atoms with Crippen molar-refractivity contribution < 1.29 is 4.39 Å². The Hall–Kier alpha value is -2.09. The predicted octanol–water partition coefficient (Wildman–Crippen LogP) is 2.52. The quantitative estimate of drug-likeness (QED) is 0.711. The molecular weight excluding hydrogens is 355 g/mol. The van der Waals surface area contributed by atoms with Gasteiger partial charge < -0.3 is 5.32 Å². The van der Waals surface area contributed by atoms with E-state index in [1.165, 1.54) is 6.07 Å². The highest BCUT2D eigenvalue weighted by Crippen LogP contribution is 2.32. The second kappa shape index (κ2) is 8.94. The molecule has 2 aliphatic heterocycles. The van der Waals surface area contributed by atoms with E-state index < -0.39 is 0 Å². The number of nitrogens with one attached hydrogen (secondary N) is 3. The van der Waals surface area contributed by atoms with Gasteiger partial charge in [-0.25, -0.2) is 14.4 Å². The van der Waals surface area contributed by atoms with Crippen LogP contribution in [0.2, 0.25) is 0 Å². The summed E-state index contributed by atoms with van der Waals surface area (Å²) in [7, 11) is 0. The Bertz CT molecular complexity index is 760. The van der Waals surface area contributed by atoms with E-state index in [9.17, 15) is 4.39 Å². The molecule has 0 amide bonds. The van der Waals surface area contributed by atoms with Gasteiger partial charge in [0.2, 0.25) is 5.95 Å². The molecule has 2 aromatic rings. The van der Waals surface area contributed by atoms with Gasteiger partial charge in [-0.3, -0.25) is 15.8 Å². The maximum Gasteiger partial charge on any atom is 0.222 e. The van der Waals surface area contributed by atoms with E-state index in [0.29, 0.717) is 23.8 Å². The van der Waals surface area contributed by atoms with Crippen LogP contribution < -0.4 is 16.2 Å². The number of likely N-dealkylation sites (tertiary alicyclic amines) is 1. The molecule has 0 saturated carbocycles. The molecule has 1 aromatic carbocycles. The molecule has 4 rings (SSSR count). The lowest BCUT2D eigenvalue weighted by Gasteiger charge is -2.36. The Labute approximate surface area is 165 Å². The van der Waals surface area contributed by atoms with Crippen molar-refractivity contribution in [3.05, 3.63) is 53.6 Å². The van der Waals surface area contributed by atoms with E-state index in [1.807, 2.05) is 31.5 Å². The molecule has 3 heterocycles. The highest BCUT2D eigenvalue weighted by molar-refractivity contribution is 5.25. The maximum atomic E-state index is 13.7. The first-order chi connectivity index (χ1) is 13.7. The van der Waals surface area contributed by atoms with E-state index in [-0.39, 0.29) is 5.82 Å². The SMILES string of the molecule is CCNc1ncc(CN2CCC(C3NNCC3c3cccc(F)c3)CC2)cn1. The molecule has 0 aliphatic carbocycles. The van der Waals surface area contributed by atoms with Gasteiger partial charge in [-0.1, -0.05) is 12.1 Å². The minimum Gasteiger partial charge on any atom is -0.355 e. The highest BCUT2D eigenvalue weighted by Gasteiger charge is 2.36. The normalized spacial score (nSPS) is 23.8. The van der Waals surface area contributed by atoms with E-state index in [0.717, 1.165) is 56.7 Å². The summed E-state index contributed by atoms with van der Waals surface area (Å²) in [4.78, 5) is 11.2. The van der Waals surface area contributed by atoms with Crippen LogP contribution in [-0.2, 0) is 6.54 Å². The molecule has 7 heteroatoms. The Balaban J connectivity index is 1.32. The molecule has 0 radical (unpaired) electrons. The minimum absolute atomic E-state index is 0.152. The monoisotopic (exact) mass is 384 g/mol. The maximum absolute atomic E-state index is 13.7. The van der Waals surface area contributed by atoms with Crippen LogP contribution in [0.25, 0.3) is 0 Å². The summed E-state index contributed by atoms with van der Waals surface area (Å²) in [6, 6.07) is 7.40. The van der Waals surface area contributed by atoms with E-state index >= 15 is 0 Å². The summed E-state index contributed by atoms with van der Waals surface area (Å²) in [6.45, 7) is 6.73. The molecular formula is C21H29FN6. The number of hydrazine groups is 1. The first-order valence-electron chi connectivity index (χ1n) is 10.2. The van der Waals surface area contributed by atoms with Gasteiger partial charge in [-0.05, 0) is 56.5 Å². The molecule has 1 aromatic heterocycles. The predicted molar refractivity (Wildman–Crippen MR) is 108 cm³/mol.